The number of thioether (sulfide) groups is 1. The molecule has 0 aromatic heterocycles. The maximum absolute atomic E-state index is 10.9. The van der Waals surface area contributed by atoms with E-state index in [0.717, 1.165) is 0 Å². The van der Waals surface area contributed by atoms with E-state index in [-0.39, 0.29) is 23.5 Å². The Kier molecular flexibility index (Phi) is 2.21. The summed E-state index contributed by atoms with van der Waals surface area (Å²) in [7, 11) is 0. The van der Waals surface area contributed by atoms with E-state index < -0.39 is 0 Å². The molecule has 10 heavy (non-hydrogen) atoms. The lowest BCUT2D eigenvalue weighted by atomic mass is 10.4. The molecule has 0 bridgehead atoms. The van der Waals surface area contributed by atoms with Gasteiger partial charge in [0.15, 0.2) is 0 Å². The van der Waals surface area contributed by atoms with Crippen molar-refractivity contribution in [3.8, 4) is 0 Å². The van der Waals surface area contributed by atoms with Crippen LogP contribution in [0.25, 0.3) is 0 Å². The molecule has 1 fully saturated rings. The second kappa shape index (κ2) is 2.80. The van der Waals surface area contributed by atoms with Gasteiger partial charge in [0, 0.05) is 18.2 Å². The molecule has 1 rings (SSSR count). The van der Waals surface area contributed by atoms with Crippen LogP contribution in [0.3, 0.4) is 0 Å². The van der Waals surface area contributed by atoms with Crippen LogP contribution in [0.15, 0.2) is 0 Å². The lowest BCUT2D eigenvalue weighted by Crippen LogP contribution is -2.21. The number of imide groups is 1. The zero-order chi connectivity index (χ0) is 7.72. The lowest BCUT2D eigenvalue weighted by molar-refractivity contribution is -0.132. The molecule has 1 heterocycles. The van der Waals surface area contributed by atoms with Crippen LogP contribution in [-0.2, 0) is 9.59 Å². The van der Waals surface area contributed by atoms with Gasteiger partial charge < -0.3 is 0 Å². The molecule has 1 aliphatic rings. The Balaban J connectivity index is 2.71. The molecule has 2 amide bonds. The van der Waals surface area contributed by atoms with Crippen LogP contribution >= 0.6 is 23.5 Å². The first-order chi connectivity index (χ1) is 4.66. The maximum Gasteiger partial charge on any atom is 0.257 e. The van der Waals surface area contributed by atoms with E-state index in [2.05, 4.69) is 0 Å². The third kappa shape index (κ3) is 1.13. The van der Waals surface area contributed by atoms with Crippen LogP contribution in [0, 0.1) is 0 Å². The van der Waals surface area contributed by atoms with Crippen molar-refractivity contribution in [2.24, 2.45) is 0 Å². The highest BCUT2D eigenvalue weighted by molar-refractivity contribution is 8.00. The van der Waals surface area contributed by atoms with Crippen molar-refractivity contribution in [2.75, 3.05) is 6.26 Å². The summed E-state index contributed by atoms with van der Waals surface area (Å²) < 4.78 is 0.668. The monoisotopic (exact) mass is 179 g/mol. The number of nitrogens with zero attached hydrogens (tertiary/aromatic N) is 1. The highest BCUT2D eigenvalue weighted by Crippen LogP contribution is 2.23. The van der Waals surface area contributed by atoms with E-state index in [1.165, 1.54) is 11.8 Å². The average Bonchev–Trinajstić information content (AvgIpc) is 2.17. The third-order valence-corrected chi connectivity index (χ3v) is 2.62. The summed E-state index contributed by atoms with van der Waals surface area (Å²) in [6, 6.07) is 0. The summed E-state index contributed by atoms with van der Waals surface area (Å²) in [4.78, 5) is 21.6. The van der Waals surface area contributed by atoms with E-state index in [1.54, 1.807) is 6.26 Å². The molecule has 1 atom stereocenters. The second-order valence-electron chi connectivity index (χ2n) is 1.94. The van der Waals surface area contributed by atoms with Gasteiger partial charge in [0.2, 0.25) is 5.91 Å². The fraction of sp³-hybridized carbons (Fsp3) is 0.600. The standard InChI is InChI=1S/C5H6ClNO2S/c1-10-3-2-4(8)7(6)5(3)9/h3H,2H2,1H3. The summed E-state index contributed by atoms with van der Waals surface area (Å²) >= 11 is 6.66. The van der Waals surface area contributed by atoms with Gasteiger partial charge in [-0.05, 0) is 6.26 Å². The zero-order valence-corrected chi connectivity index (χ0v) is 6.91. The highest BCUT2D eigenvalue weighted by atomic mass is 35.5. The van der Waals surface area contributed by atoms with E-state index >= 15 is 0 Å². The molecular formula is C5H6ClNO2S. The molecular weight excluding hydrogens is 174 g/mol. The van der Waals surface area contributed by atoms with E-state index in [9.17, 15) is 9.59 Å². The first-order valence-corrected chi connectivity index (χ1v) is 4.34. The van der Waals surface area contributed by atoms with Crippen LogP contribution in [0.4, 0.5) is 0 Å². The normalized spacial score (nSPS) is 26.2. The predicted molar refractivity (Wildman–Crippen MR) is 39.6 cm³/mol. The Bertz CT molecular complexity index is 184. The van der Waals surface area contributed by atoms with Gasteiger partial charge in [-0.25, -0.2) is 0 Å². The van der Waals surface area contributed by atoms with Gasteiger partial charge in [-0.1, -0.05) is 0 Å². The predicted octanol–water partition coefficient (Wildman–Crippen LogP) is 0.631. The van der Waals surface area contributed by atoms with Crippen LogP contribution < -0.4 is 0 Å². The molecule has 1 saturated heterocycles. The topological polar surface area (TPSA) is 37.4 Å². The van der Waals surface area contributed by atoms with Crippen molar-refractivity contribution in [1.29, 1.82) is 0 Å². The van der Waals surface area contributed by atoms with Gasteiger partial charge in [-0.3, -0.25) is 9.59 Å². The van der Waals surface area contributed by atoms with Gasteiger partial charge in [0.1, 0.15) is 0 Å². The summed E-state index contributed by atoms with van der Waals surface area (Å²) in [5.41, 5.74) is 0. The van der Waals surface area contributed by atoms with Crippen LogP contribution in [-0.4, -0.2) is 27.7 Å². The largest absolute Gasteiger partial charge is 0.273 e. The highest BCUT2D eigenvalue weighted by Gasteiger charge is 2.37. The number of rotatable bonds is 1. The van der Waals surface area contributed by atoms with Crippen LogP contribution in [0.2, 0.25) is 0 Å². The summed E-state index contributed by atoms with van der Waals surface area (Å²) in [5, 5.41) is -0.259. The molecule has 0 saturated carbocycles. The maximum atomic E-state index is 10.9. The molecule has 1 unspecified atom stereocenters. The van der Waals surface area contributed by atoms with Crippen molar-refractivity contribution < 1.29 is 9.59 Å². The quantitative estimate of drug-likeness (QED) is 0.438. The van der Waals surface area contributed by atoms with Gasteiger partial charge >= 0.3 is 0 Å². The van der Waals surface area contributed by atoms with Crippen LogP contribution in [0.5, 0.6) is 0 Å². The minimum Gasteiger partial charge on any atom is -0.273 e. The zero-order valence-electron chi connectivity index (χ0n) is 5.33. The minimum absolute atomic E-state index is 0.240. The molecule has 1 aliphatic heterocycles. The first-order valence-electron chi connectivity index (χ1n) is 2.72. The van der Waals surface area contributed by atoms with Gasteiger partial charge in [0.05, 0.1) is 5.25 Å². The summed E-state index contributed by atoms with van der Waals surface area (Å²) in [6.45, 7) is 0. The fourth-order valence-corrected chi connectivity index (χ4v) is 1.62. The van der Waals surface area contributed by atoms with Crippen molar-refractivity contribution in [2.45, 2.75) is 11.7 Å². The Morgan fingerprint density at radius 3 is 2.50 bits per heavy atom. The average molecular weight is 180 g/mol. The molecule has 5 heteroatoms. The molecule has 56 valence electrons. The van der Waals surface area contributed by atoms with E-state index in [0.29, 0.717) is 4.42 Å². The van der Waals surface area contributed by atoms with E-state index in [1.807, 2.05) is 0 Å². The number of carbonyl (C=O) groups is 2. The Hall–Kier alpha value is -0.220. The molecule has 0 aliphatic carbocycles. The van der Waals surface area contributed by atoms with Crippen molar-refractivity contribution in [3.63, 3.8) is 0 Å². The van der Waals surface area contributed by atoms with Crippen molar-refractivity contribution in [1.82, 2.24) is 4.42 Å². The Morgan fingerprint density at radius 1 is 1.70 bits per heavy atom. The van der Waals surface area contributed by atoms with Gasteiger partial charge in [-0.15, -0.1) is 0 Å². The molecule has 0 aromatic rings. The fourth-order valence-electron chi connectivity index (χ4n) is 0.760. The summed E-state index contributed by atoms with van der Waals surface area (Å²) in [6.07, 6.45) is 2.02. The van der Waals surface area contributed by atoms with Crippen molar-refractivity contribution >= 4 is 35.4 Å². The van der Waals surface area contributed by atoms with Gasteiger partial charge in [-0.2, -0.15) is 16.2 Å². The number of hydrogen-bond acceptors (Lipinski definition) is 3. The SMILES string of the molecule is CSC1CC(=O)N(Cl)C1=O. The molecule has 0 aromatic carbocycles. The molecule has 0 radical (unpaired) electrons. The minimum atomic E-state index is -0.300. The number of halogens is 1. The number of hydrogen-bond donors (Lipinski definition) is 0. The lowest BCUT2D eigenvalue weighted by Gasteiger charge is -2.01. The molecule has 0 N–H and O–H groups in total. The number of carbonyl (C=O) groups excluding carboxylic acids is 2. The second-order valence-corrected chi connectivity index (χ2v) is 3.32. The molecule has 3 nitrogen and oxygen atoms in total. The first kappa shape index (κ1) is 7.88. The smallest absolute Gasteiger partial charge is 0.257 e. The summed E-state index contributed by atoms with van der Waals surface area (Å²) in [5.74, 6) is -0.592. The van der Waals surface area contributed by atoms with Gasteiger partial charge in [0.25, 0.3) is 5.91 Å². The third-order valence-electron chi connectivity index (χ3n) is 1.33. The number of amides is 2. The molecule has 0 spiro atoms. The van der Waals surface area contributed by atoms with E-state index in [4.69, 9.17) is 11.8 Å². The van der Waals surface area contributed by atoms with Crippen molar-refractivity contribution in [3.05, 3.63) is 0 Å². The van der Waals surface area contributed by atoms with Crippen LogP contribution in [0.1, 0.15) is 6.42 Å². The Labute approximate surface area is 67.8 Å². The Morgan fingerprint density at radius 2 is 2.30 bits per heavy atom.